The zero-order valence-electron chi connectivity index (χ0n) is 13.5. The molecule has 1 aromatic carbocycles. The van der Waals surface area contributed by atoms with Gasteiger partial charge in [-0.05, 0) is 50.6 Å². The Morgan fingerprint density at radius 1 is 1.22 bits per heavy atom. The predicted octanol–water partition coefficient (Wildman–Crippen LogP) is 3.28. The fourth-order valence-corrected chi connectivity index (χ4v) is 2.40. The summed E-state index contributed by atoms with van der Waals surface area (Å²) in [6, 6.07) is 11.3. The molecule has 0 saturated heterocycles. The average molecular weight is 309 g/mol. The van der Waals surface area contributed by atoms with Gasteiger partial charge in [0.05, 0.1) is 11.4 Å². The second-order valence-corrected chi connectivity index (χ2v) is 5.58. The zero-order chi connectivity index (χ0) is 16.4. The standard InChI is InChI=1S/C18H19N3O2/c1-12-5-4-6-16(9-12)23-11-18(22)20-15-7-8-17-19-13(2)14(3)21(17)10-15/h4-10H,11H2,1-3H3,(H,20,22). The molecule has 0 aliphatic rings. The minimum absolute atomic E-state index is 0.0244. The molecule has 2 heterocycles. The minimum Gasteiger partial charge on any atom is -0.484 e. The first-order valence-electron chi connectivity index (χ1n) is 7.47. The highest BCUT2D eigenvalue weighted by Gasteiger charge is 2.07. The Labute approximate surface area is 134 Å². The number of nitrogens with zero attached hydrogens (tertiary/aromatic N) is 2. The molecule has 3 aromatic rings. The molecule has 1 N–H and O–H groups in total. The minimum atomic E-state index is -0.194. The van der Waals surface area contributed by atoms with E-state index in [9.17, 15) is 4.79 Å². The zero-order valence-corrected chi connectivity index (χ0v) is 13.5. The van der Waals surface area contributed by atoms with Crippen molar-refractivity contribution in [2.45, 2.75) is 20.8 Å². The summed E-state index contributed by atoms with van der Waals surface area (Å²) in [6.45, 7) is 5.93. The summed E-state index contributed by atoms with van der Waals surface area (Å²) >= 11 is 0. The van der Waals surface area contributed by atoms with E-state index in [1.165, 1.54) is 0 Å². The normalized spacial score (nSPS) is 10.7. The molecule has 0 saturated carbocycles. The van der Waals surface area contributed by atoms with E-state index < -0.39 is 0 Å². The van der Waals surface area contributed by atoms with E-state index in [4.69, 9.17) is 4.74 Å². The SMILES string of the molecule is Cc1cccc(OCC(=O)Nc2ccc3nc(C)c(C)n3c2)c1. The summed E-state index contributed by atoms with van der Waals surface area (Å²) in [5.74, 6) is 0.497. The molecule has 0 aliphatic heterocycles. The number of carbonyl (C=O) groups excluding carboxylic acids is 1. The summed E-state index contributed by atoms with van der Waals surface area (Å²) in [7, 11) is 0. The Kier molecular flexibility index (Phi) is 4.02. The Balaban J connectivity index is 1.66. The van der Waals surface area contributed by atoms with E-state index in [1.54, 1.807) is 0 Å². The summed E-state index contributed by atoms with van der Waals surface area (Å²) in [5.41, 5.74) is 4.73. The number of hydrogen-bond acceptors (Lipinski definition) is 3. The number of hydrogen-bond donors (Lipinski definition) is 1. The molecule has 0 fully saturated rings. The number of carbonyl (C=O) groups is 1. The maximum Gasteiger partial charge on any atom is 0.262 e. The lowest BCUT2D eigenvalue weighted by Gasteiger charge is -2.08. The van der Waals surface area contributed by atoms with Crippen molar-refractivity contribution in [3.63, 3.8) is 0 Å². The number of benzene rings is 1. The van der Waals surface area contributed by atoms with Crippen LogP contribution in [0.1, 0.15) is 17.0 Å². The van der Waals surface area contributed by atoms with Gasteiger partial charge in [0.15, 0.2) is 6.61 Å². The van der Waals surface area contributed by atoms with Gasteiger partial charge in [0, 0.05) is 11.9 Å². The predicted molar refractivity (Wildman–Crippen MR) is 90.0 cm³/mol. The molecule has 3 rings (SSSR count). The molecule has 5 nitrogen and oxygen atoms in total. The molecule has 0 bridgehead atoms. The van der Waals surface area contributed by atoms with Crippen molar-refractivity contribution >= 4 is 17.2 Å². The number of anilines is 1. The number of amides is 1. The van der Waals surface area contributed by atoms with Crippen LogP contribution in [0.5, 0.6) is 5.75 Å². The third kappa shape index (κ3) is 3.34. The van der Waals surface area contributed by atoms with Crippen LogP contribution in [0, 0.1) is 20.8 Å². The van der Waals surface area contributed by atoms with Crippen LogP contribution in [0.25, 0.3) is 5.65 Å². The molecule has 2 aromatic heterocycles. The maximum absolute atomic E-state index is 12.0. The van der Waals surface area contributed by atoms with E-state index in [0.717, 1.165) is 28.3 Å². The van der Waals surface area contributed by atoms with Crippen LogP contribution in [-0.4, -0.2) is 21.9 Å². The lowest BCUT2D eigenvalue weighted by atomic mass is 10.2. The van der Waals surface area contributed by atoms with Crippen molar-refractivity contribution in [1.29, 1.82) is 0 Å². The van der Waals surface area contributed by atoms with Crippen molar-refractivity contribution < 1.29 is 9.53 Å². The van der Waals surface area contributed by atoms with Crippen LogP contribution in [-0.2, 0) is 4.79 Å². The third-order valence-corrected chi connectivity index (χ3v) is 3.74. The Morgan fingerprint density at radius 2 is 2.04 bits per heavy atom. The van der Waals surface area contributed by atoms with Gasteiger partial charge in [-0.1, -0.05) is 12.1 Å². The number of aromatic nitrogens is 2. The van der Waals surface area contributed by atoms with Crippen molar-refractivity contribution in [2.75, 3.05) is 11.9 Å². The molecule has 23 heavy (non-hydrogen) atoms. The highest BCUT2D eigenvalue weighted by atomic mass is 16.5. The first-order valence-corrected chi connectivity index (χ1v) is 7.47. The molecular formula is C18H19N3O2. The maximum atomic E-state index is 12.0. The van der Waals surface area contributed by atoms with Gasteiger partial charge < -0.3 is 14.5 Å². The Morgan fingerprint density at radius 3 is 2.83 bits per heavy atom. The molecular weight excluding hydrogens is 290 g/mol. The number of aryl methyl sites for hydroxylation is 3. The lowest BCUT2D eigenvalue weighted by molar-refractivity contribution is -0.118. The molecule has 0 spiro atoms. The van der Waals surface area contributed by atoms with Crippen LogP contribution in [0.15, 0.2) is 42.6 Å². The van der Waals surface area contributed by atoms with Gasteiger partial charge >= 0.3 is 0 Å². The second kappa shape index (κ2) is 6.12. The van der Waals surface area contributed by atoms with Crippen LogP contribution in [0.2, 0.25) is 0 Å². The number of ether oxygens (including phenoxy) is 1. The van der Waals surface area contributed by atoms with E-state index in [0.29, 0.717) is 5.75 Å². The van der Waals surface area contributed by atoms with Gasteiger partial charge in [-0.15, -0.1) is 0 Å². The second-order valence-electron chi connectivity index (χ2n) is 5.58. The summed E-state index contributed by atoms with van der Waals surface area (Å²) in [6.07, 6.45) is 1.87. The summed E-state index contributed by atoms with van der Waals surface area (Å²) in [4.78, 5) is 16.5. The number of imidazole rings is 1. The van der Waals surface area contributed by atoms with Crippen molar-refractivity contribution in [3.8, 4) is 5.75 Å². The van der Waals surface area contributed by atoms with Crippen molar-refractivity contribution in [1.82, 2.24) is 9.38 Å². The summed E-state index contributed by atoms with van der Waals surface area (Å²) < 4.78 is 7.47. The molecule has 0 atom stereocenters. The monoisotopic (exact) mass is 309 g/mol. The van der Waals surface area contributed by atoms with Gasteiger partial charge in [-0.2, -0.15) is 0 Å². The van der Waals surface area contributed by atoms with Gasteiger partial charge in [-0.25, -0.2) is 4.98 Å². The topological polar surface area (TPSA) is 55.6 Å². The number of rotatable bonds is 4. The average Bonchev–Trinajstić information content (AvgIpc) is 2.80. The Bertz CT molecular complexity index is 868. The van der Waals surface area contributed by atoms with E-state index in [1.807, 2.05) is 67.8 Å². The fraction of sp³-hybridized carbons (Fsp3) is 0.222. The van der Waals surface area contributed by atoms with Crippen LogP contribution < -0.4 is 10.1 Å². The van der Waals surface area contributed by atoms with Gasteiger partial charge in [-0.3, -0.25) is 4.79 Å². The van der Waals surface area contributed by atoms with Crippen molar-refractivity contribution in [2.24, 2.45) is 0 Å². The molecule has 1 amide bonds. The molecule has 0 radical (unpaired) electrons. The third-order valence-electron chi connectivity index (χ3n) is 3.74. The van der Waals surface area contributed by atoms with E-state index in [2.05, 4.69) is 10.3 Å². The number of nitrogens with one attached hydrogen (secondary N) is 1. The van der Waals surface area contributed by atoms with Crippen LogP contribution in [0.4, 0.5) is 5.69 Å². The summed E-state index contributed by atoms with van der Waals surface area (Å²) in [5, 5.41) is 2.84. The van der Waals surface area contributed by atoms with Gasteiger partial charge in [0.25, 0.3) is 5.91 Å². The van der Waals surface area contributed by atoms with Gasteiger partial charge in [0.2, 0.25) is 0 Å². The largest absolute Gasteiger partial charge is 0.484 e. The fourth-order valence-electron chi connectivity index (χ4n) is 2.40. The molecule has 0 unspecified atom stereocenters. The first kappa shape index (κ1) is 15.1. The van der Waals surface area contributed by atoms with Crippen LogP contribution in [0.3, 0.4) is 0 Å². The van der Waals surface area contributed by atoms with E-state index >= 15 is 0 Å². The lowest BCUT2D eigenvalue weighted by Crippen LogP contribution is -2.20. The van der Waals surface area contributed by atoms with Crippen LogP contribution >= 0.6 is 0 Å². The first-order chi connectivity index (χ1) is 11.0. The number of pyridine rings is 1. The van der Waals surface area contributed by atoms with Gasteiger partial charge in [0.1, 0.15) is 11.4 Å². The van der Waals surface area contributed by atoms with Crippen molar-refractivity contribution in [3.05, 3.63) is 59.5 Å². The molecule has 0 aliphatic carbocycles. The quantitative estimate of drug-likeness (QED) is 0.804. The van der Waals surface area contributed by atoms with E-state index in [-0.39, 0.29) is 12.5 Å². The highest BCUT2D eigenvalue weighted by Crippen LogP contribution is 2.16. The molecule has 5 heteroatoms. The number of fused-ring (bicyclic) bond motifs is 1. The Hall–Kier alpha value is -2.82. The highest BCUT2D eigenvalue weighted by molar-refractivity contribution is 5.91. The molecule has 118 valence electrons. The smallest absolute Gasteiger partial charge is 0.262 e.